The van der Waals surface area contributed by atoms with Gasteiger partial charge in [-0.2, -0.15) is 0 Å². The minimum Gasteiger partial charge on any atom is -0.358 e. The Morgan fingerprint density at radius 3 is 2.86 bits per heavy atom. The molecule has 0 bridgehead atoms. The Kier molecular flexibility index (Phi) is 5.28. The van der Waals surface area contributed by atoms with Crippen LogP contribution in [-0.2, 0) is 21.2 Å². The largest absolute Gasteiger partial charge is 0.358 e. The average Bonchev–Trinajstić information content (AvgIpc) is 3.02. The molecule has 0 spiro atoms. The molecule has 1 aromatic heterocycles. The van der Waals surface area contributed by atoms with Crippen LogP contribution in [0.15, 0.2) is 17.8 Å². The lowest BCUT2D eigenvalue weighted by atomic mass is 10.1. The minimum atomic E-state index is -2.98. The summed E-state index contributed by atoms with van der Waals surface area (Å²) in [6, 6.07) is 0. The summed E-state index contributed by atoms with van der Waals surface area (Å²) in [5.74, 6) is 0.728. The molecule has 1 aliphatic rings. The summed E-state index contributed by atoms with van der Waals surface area (Å²) in [7, 11) is -1.40. The molecule has 22 heavy (non-hydrogen) atoms. The fraction of sp³-hybridized carbons (Fsp3) is 0.615. The van der Waals surface area contributed by atoms with E-state index in [1.807, 2.05) is 4.57 Å². The number of carbonyl (C=O) groups excluding carboxylic acids is 1. The molecule has 9 heteroatoms. The predicted molar refractivity (Wildman–Crippen MR) is 85.6 cm³/mol. The number of nitrogens with one attached hydrogen (secondary N) is 1. The van der Waals surface area contributed by atoms with Crippen molar-refractivity contribution in [2.45, 2.75) is 36.2 Å². The summed E-state index contributed by atoms with van der Waals surface area (Å²) in [5.41, 5.74) is 0. The van der Waals surface area contributed by atoms with Crippen LogP contribution in [0.1, 0.15) is 25.1 Å². The Hall–Kier alpha value is -1.35. The van der Waals surface area contributed by atoms with Crippen molar-refractivity contribution in [3.8, 4) is 0 Å². The topological polar surface area (TPSA) is 93.9 Å². The van der Waals surface area contributed by atoms with Gasteiger partial charge < -0.3 is 9.88 Å². The molecular formula is C13H20N4O3S2. The predicted octanol–water partition coefficient (Wildman–Crippen LogP) is 0.593. The number of rotatable bonds is 6. The van der Waals surface area contributed by atoms with Crippen LogP contribution in [0.3, 0.4) is 0 Å². The molecule has 122 valence electrons. The monoisotopic (exact) mass is 344 g/mol. The summed E-state index contributed by atoms with van der Waals surface area (Å²) >= 11 is 1.30. The van der Waals surface area contributed by atoms with Gasteiger partial charge in [0.25, 0.3) is 0 Å². The number of allylic oxidation sites excluding steroid dienone is 1. The lowest BCUT2D eigenvalue weighted by Crippen LogP contribution is -2.27. The standard InChI is InChI=1S/C13H20N4O3S2/c1-4-6-17-11(10-5-7-22(19,20)8-10)15-16-13(17)21-9(2)12(18)14-3/h4,9-10H,1,5-8H2,2-3H3,(H,14,18)/t9-,10-/m1/s1. The van der Waals surface area contributed by atoms with Gasteiger partial charge in [0.2, 0.25) is 5.91 Å². The van der Waals surface area contributed by atoms with Crippen LogP contribution in [0.5, 0.6) is 0 Å². The normalized spacial score (nSPS) is 21.5. The second-order valence-electron chi connectivity index (χ2n) is 5.21. The molecule has 2 heterocycles. The highest BCUT2D eigenvalue weighted by atomic mass is 32.2. The first-order valence-corrected chi connectivity index (χ1v) is 9.70. The summed E-state index contributed by atoms with van der Waals surface area (Å²) in [5, 5.41) is 11.2. The third-order valence-electron chi connectivity index (χ3n) is 3.55. The van der Waals surface area contributed by atoms with Crippen molar-refractivity contribution < 1.29 is 13.2 Å². The number of sulfone groups is 1. The molecule has 0 aromatic carbocycles. The molecule has 1 saturated heterocycles. The molecule has 0 unspecified atom stereocenters. The van der Waals surface area contributed by atoms with E-state index in [4.69, 9.17) is 0 Å². The quantitative estimate of drug-likeness (QED) is 0.600. The second-order valence-corrected chi connectivity index (χ2v) is 8.75. The summed E-state index contributed by atoms with van der Waals surface area (Å²) in [6.45, 7) is 6.00. The molecule has 1 N–H and O–H groups in total. The van der Waals surface area contributed by atoms with E-state index >= 15 is 0 Å². The van der Waals surface area contributed by atoms with E-state index < -0.39 is 9.84 Å². The van der Waals surface area contributed by atoms with E-state index in [0.29, 0.717) is 23.9 Å². The first-order valence-electron chi connectivity index (χ1n) is 7.00. The Morgan fingerprint density at radius 1 is 1.59 bits per heavy atom. The zero-order valence-electron chi connectivity index (χ0n) is 12.7. The maximum Gasteiger partial charge on any atom is 0.233 e. The number of carbonyl (C=O) groups is 1. The highest BCUT2D eigenvalue weighted by Crippen LogP contribution is 2.31. The number of aromatic nitrogens is 3. The summed E-state index contributed by atoms with van der Waals surface area (Å²) < 4.78 is 25.2. The molecule has 2 rings (SSSR count). The zero-order chi connectivity index (χ0) is 16.3. The van der Waals surface area contributed by atoms with Gasteiger partial charge in [-0.3, -0.25) is 4.79 Å². The van der Waals surface area contributed by atoms with Crippen molar-refractivity contribution in [2.75, 3.05) is 18.6 Å². The van der Waals surface area contributed by atoms with E-state index in [1.54, 1.807) is 20.0 Å². The van der Waals surface area contributed by atoms with Gasteiger partial charge in [-0.25, -0.2) is 8.42 Å². The summed E-state index contributed by atoms with van der Waals surface area (Å²) in [6.07, 6.45) is 2.28. The smallest absolute Gasteiger partial charge is 0.233 e. The van der Waals surface area contributed by atoms with Gasteiger partial charge >= 0.3 is 0 Å². The van der Waals surface area contributed by atoms with Crippen LogP contribution in [0.25, 0.3) is 0 Å². The Morgan fingerprint density at radius 2 is 2.32 bits per heavy atom. The van der Waals surface area contributed by atoms with Gasteiger partial charge in [0.05, 0.1) is 16.8 Å². The third-order valence-corrected chi connectivity index (χ3v) is 6.40. The van der Waals surface area contributed by atoms with Gasteiger partial charge in [0, 0.05) is 19.5 Å². The van der Waals surface area contributed by atoms with Crippen molar-refractivity contribution in [1.29, 1.82) is 0 Å². The van der Waals surface area contributed by atoms with Gasteiger partial charge in [-0.05, 0) is 13.3 Å². The average molecular weight is 344 g/mol. The molecular weight excluding hydrogens is 324 g/mol. The van der Waals surface area contributed by atoms with Gasteiger partial charge in [0.15, 0.2) is 15.0 Å². The molecule has 1 amide bonds. The maximum atomic E-state index is 11.7. The molecule has 1 fully saturated rings. The number of amides is 1. The van der Waals surface area contributed by atoms with Crippen molar-refractivity contribution in [3.63, 3.8) is 0 Å². The highest BCUT2D eigenvalue weighted by Gasteiger charge is 2.33. The number of hydrogen-bond donors (Lipinski definition) is 1. The Balaban J connectivity index is 2.25. The van der Waals surface area contributed by atoms with Crippen molar-refractivity contribution in [3.05, 3.63) is 18.5 Å². The molecule has 0 radical (unpaired) electrons. The van der Waals surface area contributed by atoms with Crippen LogP contribution in [-0.4, -0.2) is 52.9 Å². The SMILES string of the molecule is C=CCn1c(S[C@H](C)C(=O)NC)nnc1[C@@H]1CCS(=O)(=O)C1. The lowest BCUT2D eigenvalue weighted by molar-refractivity contribution is -0.119. The number of hydrogen-bond acceptors (Lipinski definition) is 6. The molecule has 0 aliphatic carbocycles. The van der Waals surface area contributed by atoms with E-state index in [-0.39, 0.29) is 28.6 Å². The van der Waals surface area contributed by atoms with Crippen LogP contribution < -0.4 is 5.32 Å². The first kappa shape index (κ1) is 17.0. The third kappa shape index (κ3) is 3.70. The van der Waals surface area contributed by atoms with Crippen molar-refractivity contribution in [2.24, 2.45) is 0 Å². The minimum absolute atomic E-state index is 0.0943. The van der Waals surface area contributed by atoms with Crippen LogP contribution in [0.2, 0.25) is 0 Å². The van der Waals surface area contributed by atoms with Gasteiger partial charge in [0.1, 0.15) is 5.82 Å². The second kappa shape index (κ2) is 6.82. The van der Waals surface area contributed by atoms with Crippen LogP contribution in [0.4, 0.5) is 0 Å². The van der Waals surface area contributed by atoms with Crippen molar-refractivity contribution >= 4 is 27.5 Å². The van der Waals surface area contributed by atoms with Gasteiger partial charge in [-0.15, -0.1) is 16.8 Å². The fourth-order valence-electron chi connectivity index (χ4n) is 2.40. The van der Waals surface area contributed by atoms with E-state index in [0.717, 1.165) is 0 Å². The van der Waals surface area contributed by atoms with E-state index in [1.165, 1.54) is 11.8 Å². The van der Waals surface area contributed by atoms with E-state index in [9.17, 15) is 13.2 Å². The maximum absolute atomic E-state index is 11.7. The number of thioether (sulfide) groups is 1. The molecule has 1 aromatic rings. The molecule has 0 saturated carbocycles. The lowest BCUT2D eigenvalue weighted by Gasteiger charge is -2.13. The van der Waals surface area contributed by atoms with Crippen LogP contribution >= 0.6 is 11.8 Å². The number of nitrogens with zero attached hydrogens (tertiary/aromatic N) is 3. The Bertz CT molecular complexity index is 669. The van der Waals surface area contributed by atoms with Crippen LogP contribution in [0, 0.1) is 0 Å². The Labute approximate surface area is 134 Å². The first-order chi connectivity index (χ1) is 10.4. The van der Waals surface area contributed by atoms with Gasteiger partial charge in [-0.1, -0.05) is 17.8 Å². The van der Waals surface area contributed by atoms with E-state index in [2.05, 4.69) is 22.1 Å². The molecule has 1 aliphatic heterocycles. The highest BCUT2D eigenvalue weighted by molar-refractivity contribution is 8.00. The fourth-order valence-corrected chi connectivity index (χ4v) is 5.07. The zero-order valence-corrected chi connectivity index (χ0v) is 14.3. The van der Waals surface area contributed by atoms with Crippen molar-refractivity contribution in [1.82, 2.24) is 20.1 Å². The molecule has 7 nitrogen and oxygen atoms in total. The summed E-state index contributed by atoms with van der Waals surface area (Å²) in [4.78, 5) is 11.6. The molecule has 2 atom stereocenters.